The summed E-state index contributed by atoms with van der Waals surface area (Å²) in [6.07, 6.45) is 4.91. The Balaban J connectivity index is 0.752. The first-order chi connectivity index (χ1) is 35.1. The summed E-state index contributed by atoms with van der Waals surface area (Å²) < 4.78 is 0. The minimum absolute atomic E-state index is 0.0206. The van der Waals surface area contributed by atoms with Crippen molar-refractivity contribution in [3.63, 3.8) is 0 Å². The van der Waals surface area contributed by atoms with Crippen molar-refractivity contribution >= 4 is 58.2 Å². The Hall–Kier alpha value is -7.41. The summed E-state index contributed by atoms with van der Waals surface area (Å²) in [5, 5.41) is 22.7. The molecule has 5 N–H and O–H groups in total. The molecule has 2 aliphatic heterocycles. The van der Waals surface area contributed by atoms with E-state index in [2.05, 4.69) is 46.1 Å². The van der Waals surface area contributed by atoms with E-state index in [-0.39, 0.29) is 56.0 Å². The molecule has 0 radical (unpaired) electrons. The van der Waals surface area contributed by atoms with Crippen LogP contribution in [0.15, 0.2) is 109 Å². The molecular weight excluding hydrogens is 943 g/mol. The molecule has 0 aliphatic carbocycles. The Morgan fingerprint density at radius 3 is 2.30 bits per heavy atom. The van der Waals surface area contributed by atoms with Crippen LogP contribution in [0.25, 0.3) is 21.7 Å². The number of hydrogen-bond acceptors (Lipinski definition) is 13. The normalized spacial score (nSPS) is 16.4. The molecule has 0 unspecified atom stereocenters. The molecule has 0 bridgehead atoms. The van der Waals surface area contributed by atoms with Crippen LogP contribution in [-0.4, -0.2) is 120 Å². The Bertz CT molecular complexity index is 2900. The molecular formula is C55H63N11O6S. The third-order valence-corrected chi connectivity index (χ3v) is 14.2. The summed E-state index contributed by atoms with van der Waals surface area (Å²) >= 11 is 1.57. The van der Waals surface area contributed by atoms with Crippen molar-refractivity contribution in [3.05, 3.63) is 137 Å². The summed E-state index contributed by atoms with van der Waals surface area (Å²) in [5.74, 6) is -1.01. The average Bonchev–Trinajstić information content (AvgIpc) is 4.01. The van der Waals surface area contributed by atoms with Gasteiger partial charge in [-0.15, -0.1) is 11.3 Å². The van der Waals surface area contributed by atoms with Gasteiger partial charge in [-0.05, 0) is 90.4 Å². The van der Waals surface area contributed by atoms with Crippen molar-refractivity contribution in [1.29, 1.82) is 0 Å². The summed E-state index contributed by atoms with van der Waals surface area (Å²) in [6, 6.07) is 24.8. The number of β-amino-alcohol motifs (C(OH)–C–C–N with tert-alkyl or cyclic N) is 1. The molecule has 17 nitrogen and oxygen atoms in total. The van der Waals surface area contributed by atoms with E-state index in [0.717, 1.165) is 49.8 Å². The molecule has 2 aliphatic rings. The molecule has 2 fully saturated rings. The highest BCUT2D eigenvalue weighted by Gasteiger charge is 2.44. The number of aromatic nitrogens is 4. The van der Waals surface area contributed by atoms with Crippen LogP contribution in [0.2, 0.25) is 0 Å². The maximum atomic E-state index is 14.1. The van der Waals surface area contributed by atoms with Gasteiger partial charge in [0, 0.05) is 106 Å². The van der Waals surface area contributed by atoms with Crippen molar-refractivity contribution in [2.75, 3.05) is 43.4 Å². The van der Waals surface area contributed by atoms with E-state index in [9.17, 15) is 29.1 Å². The molecule has 380 valence electrons. The van der Waals surface area contributed by atoms with Crippen LogP contribution in [0.5, 0.6) is 0 Å². The highest BCUT2D eigenvalue weighted by Crippen LogP contribution is 2.30. The summed E-state index contributed by atoms with van der Waals surface area (Å²) in [6.45, 7) is 12.8. The van der Waals surface area contributed by atoms with Crippen molar-refractivity contribution in [1.82, 2.24) is 45.3 Å². The quantitative estimate of drug-likeness (QED) is 0.0631. The van der Waals surface area contributed by atoms with Crippen LogP contribution >= 0.6 is 11.3 Å². The number of hydrogen-bond donors (Lipinski definition) is 5. The highest BCUT2D eigenvalue weighted by molar-refractivity contribution is 7.13. The second-order valence-electron chi connectivity index (χ2n) is 19.8. The van der Waals surface area contributed by atoms with Crippen LogP contribution in [0.4, 0.5) is 17.3 Å². The van der Waals surface area contributed by atoms with Gasteiger partial charge in [-0.3, -0.25) is 33.9 Å². The first kappa shape index (κ1) is 51.9. The summed E-state index contributed by atoms with van der Waals surface area (Å²) in [7, 11) is 0. The van der Waals surface area contributed by atoms with Gasteiger partial charge in [-0.2, -0.15) is 0 Å². The first-order valence-electron chi connectivity index (χ1n) is 24.6. The fourth-order valence-electron chi connectivity index (χ4n) is 9.00. The fraction of sp³-hybridized carbons (Fsp3) is 0.364. The summed E-state index contributed by atoms with van der Waals surface area (Å²) in [5.41, 5.74) is 9.53. The minimum Gasteiger partial charge on any atom is -0.391 e. The lowest BCUT2D eigenvalue weighted by Gasteiger charge is -2.35. The number of amides is 5. The molecule has 0 saturated carbocycles. The Morgan fingerprint density at radius 2 is 1.60 bits per heavy atom. The van der Waals surface area contributed by atoms with Crippen LogP contribution in [-0.2, 0) is 32.3 Å². The molecule has 5 heterocycles. The Kier molecular flexibility index (Phi) is 16.7. The van der Waals surface area contributed by atoms with Gasteiger partial charge < -0.3 is 36.2 Å². The number of aryl methyl sites for hydroxylation is 2. The molecule has 18 heteroatoms. The zero-order valence-corrected chi connectivity index (χ0v) is 42.7. The number of carbonyl (C=O) groups excluding carboxylic acids is 5. The number of piperazine rings is 1. The topological polar surface area (TPSA) is 215 Å². The standard InChI is InChI=1S/C55H63N11O6S/c1-35-11-20-42(28-45(35)62-54-57-23-21-44(61-54)41-8-7-22-56-31-41)60-51(70)40-18-14-38(15-19-40)32-64-24-26-65(27-25-64)48(69)10-6-9-47(68)63-50(55(3,4)5)53(72)66-33-43(67)29-46(66)52(71)58-30-37-12-16-39(17-13-37)49-36(2)59-34-73-49/h7-8,11-23,28,31,34,43,46,50,67H,6,9-10,24-27,29-30,32-33H2,1-5H3,(H,58,71)(H,60,70)(H,63,68)(H,57,61,62)/t43-,46+,50-/m1/s1. The number of nitrogens with one attached hydrogen (secondary N) is 4. The Morgan fingerprint density at radius 1 is 0.849 bits per heavy atom. The zero-order chi connectivity index (χ0) is 51.6. The maximum Gasteiger partial charge on any atom is 0.255 e. The molecule has 6 aromatic rings. The van der Waals surface area contributed by atoms with Crippen LogP contribution in [0.3, 0.4) is 0 Å². The van der Waals surface area contributed by atoms with Gasteiger partial charge in [0.15, 0.2) is 0 Å². The molecule has 3 atom stereocenters. The second-order valence-corrected chi connectivity index (χ2v) is 20.6. The first-order valence-corrected chi connectivity index (χ1v) is 25.5. The lowest BCUT2D eigenvalue weighted by Crippen LogP contribution is -2.57. The zero-order valence-electron chi connectivity index (χ0n) is 41.9. The van der Waals surface area contributed by atoms with E-state index in [1.54, 1.807) is 29.9 Å². The molecule has 0 spiro atoms. The molecule has 73 heavy (non-hydrogen) atoms. The third kappa shape index (κ3) is 13.6. The van der Waals surface area contributed by atoms with Crippen molar-refractivity contribution in [3.8, 4) is 21.7 Å². The van der Waals surface area contributed by atoms with Gasteiger partial charge in [0.2, 0.25) is 29.6 Å². The largest absolute Gasteiger partial charge is 0.391 e. The number of anilines is 3. The van der Waals surface area contributed by atoms with E-state index in [1.807, 2.05) is 130 Å². The predicted octanol–water partition coefficient (Wildman–Crippen LogP) is 6.90. The smallest absolute Gasteiger partial charge is 0.255 e. The SMILES string of the molecule is Cc1ccc(NC(=O)c2ccc(CN3CCN(C(=O)CCCC(=O)N[C@H](C(=O)N4C[C@H](O)C[C@H]4C(=O)NCc4ccc(-c5scnc5C)cc4)C(C)(C)C)CC3)cc2)cc1Nc1nccc(-c2cccnc2)n1. The number of likely N-dealkylation sites (tertiary alicyclic amines) is 1. The van der Waals surface area contributed by atoms with Crippen molar-refractivity contribution in [2.24, 2.45) is 5.41 Å². The number of carbonyl (C=O) groups is 5. The molecule has 5 amide bonds. The van der Waals surface area contributed by atoms with Gasteiger partial charge in [-0.25, -0.2) is 15.0 Å². The van der Waals surface area contributed by atoms with E-state index in [4.69, 9.17) is 0 Å². The number of aliphatic hydroxyl groups is 1. The van der Waals surface area contributed by atoms with Gasteiger partial charge in [0.05, 0.1) is 27.9 Å². The molecule has 3 aromatic carbocycles. The fourth-order valence-corrected chi connectivity index (χ4v) is 9.81. The van der Waals surface area contributed by atoms with Gasteiger partial charge >= 0.3 is 0 Å². The molecule has 3 aromatic heterocycles. The van der Waals surface area contributed by atoms with Crippen LogP contribution in [0.1, 0.15) is 79.2 Å². The van der Waals surface area contributed by atoms with Gasteiger partial charge in [0.25, 0.3) is 5.91 Å². The average molecular weight is 1010 g/mol. The Labute approximate surface area is 429 Å². The third-order valence-electron chi connectivity index (χ3n) is 13.2. The predicted molar refractivity (Wildman–Crippen MR) is 281 cm³/mol. The number of pyridine rings is 1. The van der Waals surface area contributed by atoms with Crippen LogP contribution < -0.4 is 21.3 Å². The number of aliphatic hydroxyl groups excluding tert-OH is 1. The van der Waals surface area contributed by atoms with E-state index in [0.29, 0.717) is 56.3 Å². The number of thiazole rings is 1. The molecule has 8 rings (SSSR count). The monoisotopic (exact) mass is 1010 g/mol. The lowest BCUT2D eigenvalue weighted by molar-refractivity contribution is -0.144. The summed E-state index contributed by atoms with van der Waals surface area (Å²) in [4.78, 5) is 91.6. The van der Waals surface area contributed by atoms with Gasteiger partial charge in [0.1, 0.15) is 12.1 Å². The van der Waals surface area contributed by atoms with E-state index >= 15 is 0 Å². The van der Waals surface area contributed by atoms with E-state index in [1.165, 1.54) is 4.90 Å². The van der Waals surface area contributed by atoms with Gasteiger partial charge in [-0.1, -0.05) is 63.2 Å². The maximum absolute atomic E-state index is 14.1. The van der Waals surface area contributed by atoms with Crippen molar-refractivity contribution < 1.29 is 29.1 Å². The number of rotatable bonds is 17. The highest BCUT2D eigenvalue weighted by atomic mass is 32.1. The second kappa shape index (κ2) is 23.4. The van der Waals surface area contributed by atoms with Crippen LogP contribution in [0, 0.1) is 19.3 Å². The molecule has 2 saturated heterocycles. The number of nitrogens with zero attached hydrogens (tertiary/aromatic N) is 7. The lowest BCUT2D eigenvalue weighted by atomic mass is 9.85. The minimum atomic E-state index is -0.957. The number of benzene rings is 3. The van der Waals surface area contributed by atoms with E-state index < -0.39 is 29.5 Å². The van der Waals surface area contributed by atoms with Crippen molar-refractivity contribution in [2.45, 2.75) is 91.6 Å².